The van der Waals surface area contributed by atoms with Crippen molar-refractivity contribution in [2.45, 2.75) is 13.8 Å². The van der Waals surface area contributed by atoms with Crippen LogP contribution in [0.4, 0.5) is 5.69 Å². The molecule has 0 unspecified atom stereocenters. The Hall–Kier alpha value is -1.90. The van der Waals surface area contributed by atoms with E-state index >= 15 is 0 Å². The molecule has 0 saturated carbocycles. The van der Waals surface area contributed by atoms with Gasteiger partial charge in [-0.2, -0.15) is 0 Å². The van der Waals surface area contributed by atoms with Crippen LogP contribution in [0.15, 0.2) is 42.7 Å². The first-order chi connectivity index (χ1) is 8.36. The van der Waals surface area contributed by atoms with Gasteiger partial charge in [0.05, 0.1) is 0 Å². The minimum atomic E-state index is 0.787. The van der Waals surface area contributed by atoms with Crippen LogP contribution in [-0.2, 0) is 0 Å². The quantitative estimate of drug-likeness (QED) is 0.804. The molecule has 0 atom stereocenters. The van der Waals surface area contributed by atoms with Crippen LogP contribution in [-0.4, -0.2) is 23.1 Å². The van der Waals surface area contributed by atoms with E-state index in [1.807, 2.05) is 12.1 Å². The van der Waals surface area contributed by atoms with Crippen LogP contribution in [0.25, 0.3) is 11.4 Å². The number of nitrogens with zero attached hydrogens (tertiary/aromatic N) is 3. The minimum Gasteiger partial charge on any atom is -0.371 e. The van der Waals surface area contributed by atoms with Crippen LogP contribution >= 0.6 is 0 Å². The van der Waals surface area contributed by atoms with E-state index in [0.29, 0.717) is 0 Å². The molecule has 2 rings (SSSR count). The lowest BCUT2D eigenvalue weighted by Crippen LogP contribution is -2.22. The number of anilines is 1. The molecular formula is C14H17N3. The highest BCUT2D eigenvalue weighted by Crippen LogP contribution is 2.27. The van der Waals surface area contributed by atoms with E-state index < -0.39 is 0 Å². The lowest BCUT2D eigenvalue weighted by Gasteiger charge is -2.23. The molecule has 3 heteroatoms. The third kappa shape index (κ3) is 2.44. The molecule has 0 aliphatic rings. The molecule has 1 aromatic carbocycles. The van der Waals surface area contributed by atoms with Crippen molar-refractivity contribution in [3.8, 4) is 11.4 Å². The molecule has 1 aromatic heterocycles. The van der Waals surface area contributed by atoms with Crippen LogP contribution in [0.2, 0.25) is 0 Å². The van der Waals surface area contributed by atoms with Gasteiger partial charge in [0.15, 0.2) is 5.82 Å². The SMILES string of the molecule is CCN(CC)c1ccccc1-c1ncccn1. The normalized spacial score (nSPS) is 10.2. The molecule has 0 aliphatic heterocycles. The number of hydrogen-bond acceptors (Lipinski definition) is 3. The van der Waals surface area contributed by atoms with Crippen LogP contribution < -0.4 is 4.90 Å². The third-order valence-corrected chi connectivity index (χ3v) is 2.81. The van der Waals surface area contributed by atoms with Crippen LogP contribution in [0.5, 0.6) is 0 Å². The number of aromatic nitrogens is 2. The Kier molecular flexibility index (Phi) is 3.70. The predicted octanol–water partition coefficient (Wildman–Crippen LogP) is 2.99. The molecule has 0 N–H and O–H groups in total. The summed E-state index contributed by atoms with van der Waals surface area (Å²) in [7, 11) is 0. The van der Waals surface area contributed by atoms with Gasteiger partial charge in [-0.05, 0) is 32.0 Å². The summed E-state index contributed by atoms with van der Waals surface area (Å²) in [5.74, 6) is 0.787. The summed E-state index contributed by atoms with van der Waals surface area (Å²) >= 11 is 0. The highest BCUT2D eigenvalue weighted by atomic mass is 15.1. The number of hydrogen-bond donors (Lipinski definition) is 0. The zero-order valence-corrected chi connectivity index (χ0v) is 10.3. The molecule has 0 spiro atoms. The summed E-state index contributed by atoms with van der Waals surface area (Å²) in [5.41, 5.74) is 2.29. The van der Waals surface area contributed by atoms with E-state index in [0.717, 1.165) is 24.5 Å². The number of para-hydroxylation sites is 1. The topological polar surface area (TPSA) is 29.0 Å². The van der Waals surface area contributed by atoms with Crippen molar-refractivity contribution in [1.82, 2.24) is 9.97 Å². The molecule has 3 nitrogen and oxygen atoms in total. The average molecular weight is 227 g/mol. The molecule has 0 radical (unpaired) electrons. The van der Waals surface area contributed by atoms with Gasteiger partial charge in [-0.25, -0.2) is 9.97 Å². The number of benzene rings is 1. The molecule has 2 aromatic rings. The first-order valence-corrected chi connectivity index (χ1v) is 5.98. The Morgan fingerprint density at radius 2 is 1.59 bits per heavy atom. The summed E-state index contributed by atoms with van der Waals surface area (Å²) in [6, 6.07) is 10.1. The van der Waals surface area contributed by atoms with E-state index in [1.165, 1.54) is 5.69 Å². The van der Waals surface area contributed by atoms with Crippen LogP contribution in [0.3, 0.4) is 0 Å². The Morgan fingerprint density at radius 3 is 2.24 bits per heavy atom. The zero-order chi connectivity index (χ0) is 12.1. The van der Waals surface area contributed by atoms with E-state index in [1.54, 1.807) is 12.4 Å². The second-order valence-corrected chi connectivity index (χ2v) is 3.76. The monoisotopic (exact) mass is 227 g/mol. The van der Waals surface area contributed by atoms with E-state index in [2.05, 4.69) is 46.9 Å². The van der Waals surface area contributed by atoms with Crippen molar-refractivity contribution < 1.29 is 0 Å². The van der Waals surface area contributed by atoms with Crippen molar-refractivity contribution in [3.05, 3.63) is 42.7 Å². The van der Waals surface area contributed by atoms with Crippen molar-refractivity contribution >= 4 is 5.69 Å². The fourth-order valence-electron chi connectivity index (χ4n) is 1.94. The van der Waals surface area contributed by atoms with E-state index in [9.17, 15) is 0 Å². The van der Waals surface area contributed by atoms with Crippen LogP contribution in [0.1, 0.15) is 13.8 Å². The van der Waals surface area contributed by atoms with Crippen molar-refractivity contribution in [2.75, 3.05) is 18.0 Å². The van der Waals surface area contributed by atoms with Gasteiger partial charge in [0.25, 0.3) is 0 Å². The van der Waals surface area contributed by atoms with Gasteiger partial charge in [-0.3, -0.25) is 0 Å². The highest BCUT2D eigenvalue weighted by molar-refractivity contribution is 5.74. The molecule has 17 heavy (non-hydrogen) atoms. The summed E-state index contributed by atoms with van der Waals surface area (Å²) in [6.45, 7) is 6.29. The molecular weight excluding hydrogens is 210 g/mol. The average Bonchev–Trinajstić information content (AvgIpc) is 2.42. The van der Waals surface area contributed by atoms with Gasteiger partial charge in [-0.1, -0.05) is 12.1 Å². The largest absolute Gasteiger partial charge is 0.371 e. The van der Waals surface area contributed by atoms with E-state index in [4.69, 9.17) is 0 Å². The van der Waals surface area contributed by atoms with Gasteiger partial charge in [0, 0.05) is 36.7 Å². The molecule has 0 bridgehead atoms. The van der Waals surface area contributed by atoms with Gasteiger partial charge < -0.3 is 4.90 Å². The summed E-state index contributed by atoms with van der Waals surface area (Å²) in [5, 5.41) is 0. The van der Waals surface area contributed by atoms with Crippen molar-refractivity contribution in [3.63, 3.8) is 0 Å². The van der Waals surface area contributed by atoms with Gasteiger partial charge >= 0.3 is 0 Å². The second-order valence-electron chi connectivity index (χ2n) is 3.76. The predicted molar refractivity (Wildman–Crippen MR) is 71.0 cm³/mol. The Balaban J connectivity index is 2.48. The zero-order valence-electron chi connectivity index (χ0n) is 10.3. The molecule has 0 saturated heterocycles. The lowest BCUT2D eigenvalue weighted by molar-refractivity contribution is 0.866. The Bertz CT molecular complexity index is 464. The maximum atomic E-state index is 4.32. The van der Waals surface area contributed by atoms with Crippen molar-refractivity contribution in [2.24, 2.45) is 0 Å². The van der Waals surface area contributed by atoms with Crippen molar-refractivity contribution in [1.29, 1.82) is 0 Å². The van der Waals surface area contributed by atoms with Gasteiger partial charge in [0.1, 0.15) is 0 Å². The summed E-state index contributed by atoms with van der Waals surface area (Å²) in [6.07, 6.45) is 3.56. The third-order valence-electron chi connectivity index (χ3n) is 2.81. The smallest absolute Gasteiger partial charge is 0.161 e. The Morgan fingerprint density at radius 1 is 0.941 bits per heavy atom. The summed E-state index contributed by atoms with van der Waals surface area (Å²) < 4.78 is 0. The van der Waals surface area contributed by atoms with Crippen LogP contribution in [0, 0.1) is 0 Å². The maximum absolute atomic E-state index is 4.32. The highest BCUT2D eigenvalue weighted by Gasteiger charge is 2.10. The Labute approximate surface area is 102 Å². The standard InChI is InChI=1S/C14H17N3/c1-3-17(4-2)13-9-6-5-8-12(13)14-15-10-7-11-16-14/h5-11H,3-4H2,1-2H3. The molecule has 0 aliphatic carbocycles. The molecule has 0 fully saturated rings. The minimum absolute atomic E-state index is 0.787. The molecule has 0 amide bonds. The number of rotatable bonds is 4. The fourth-order valence-corrected chi connectivity index (χ4v) is 1.94. The first-order valence-electron chi connectivity index (χ1n) is 5.98. The lowest BCUT2D eigenvalue weighted by atomic mass is 10.1. The van der Waals surface area contributed by atoms with E-state index in [-0.39, 0.29) is 0 Å². The second kappa shape index (κ2) is 5.43. The summed E-state index contributed by atoms with van der Waals surface area (Å²) in [4.78, 5) is 11.0. The maximum Gasteiger partial charge on any atom is 0.161 e. The molecule has 88 valence electrons. The molecule has 1 heterocycles. The van der Waals surface area contributed by atoms with Gasteiger partial charge in [0.2, 0.25) is 0 Å². The first kappa shape index (κ1) is 11.6. The van der Waals surface area contributed by atoms with Gasteiger partial charge in [-0.15, -0.1) is 0 Å². The fraction of sp³-hybridized carbons (Fsp3) is 0.286.